The summed E-state index contributed by atoms with van der Waals surface area (Å²) in [6.07, 6.45) is 3.56. The van der Waals surface area contributed by atoms with E-state index in [2.05, 4.69) is 12.2 Å². The molecule has 0 saturated carbocycles. The van der Waals surface area contributed by atoms with Crippen molar-refractivity contribution >= 4 is 6.29 Å². The number of hydrogen-bond donors (Lipinski definition) is 2. The molecule has 0 unspecified atom stereocenters. The van der Waals surface area contributed by atoms with E-state index in [9.17, 15) is 4.79 Å². The van der Waals surface area contributed by atoms with Gasteiger partial charge in [0.1, 0.15) is 6.29 Å². The molecule has 0 aromatic heterocycles. The van der Waals surface area contributed by atoms with Crippen LogP contribution in [0.2, 0.25) is 0 Å². The van der Waals surface area contributed by atoms with Gasteiger partial charge in [-0.1, -0.05) is 19.8 Å². The van der Waals surface area contributed by atoms with Gasteiger partial charge >= 0.3 is 0 Å². The van der Waals surface area contributed by atoms with E-state index in [0.29, 0.717) is 0 Å². The molecule has 2 N–H and O–H groups in total. The zero-order valence-electron chi connectivity index (χ0n) is 7.92. The molecule has 0 aromatic carbocycles. The minimum atomic E-state index is -0.593. The molecule has 12 heavy (non-hydrogen) atoms. The van der Waals surface area contributed by atoms with Gasteiger partial charge in [-0.15, -0.1) is 0 Å². The van der Waals surface area contributed by atoms with Crippen LogP contribution in [0.15, 0.2) is 0 Å². The molecule has 0 heterocycles. The Morgan fingerprint density at radius 1 is 1.50 bits per heavy atom. The maximum absolute atomic E-state index is 10.4. The van der Waals surface area contributed by atoms with Gasteiger partial charge in [0.15, 0.2) is 0 Å². The number of hydrogen-bond acceptors (Lipinski definition) is 3. The van der Waals surface area contributed by atoms with Gasteiger partial charge in [-0.25, -0.2) is 0 Å². The highest BCUT2D eigenvalue weighted by atomic mass is 16.3. The molecule has 72 valence electrons. The number of nitrogens with one attached hydrogen (secondary N) is 1. The van der Waals surface area contributed by atoms with Gasteiger partial charge in [-0.05, 0) is 19.9 Å². The highest BCUT2D eigenvalue weighted by Crippen LogP contribution is 1.93. The number of carbonyl (C=O) groups is 1. The summed E-state index contributed by atoms with van der Waals surface area (Å²) in [6, 6.07) is -0.401. The van der Waals surface area contributed by atoms with Crippen LogP contribution in [0.5, 0.6) is 0 Å². The predicted molar refractivity (Wildman–Crippen MR) is 49.1 cm³/mol. The van der Waals surface area contributed by atoms with Crippen LogP contribution in [-0.2, 0) is 4.79 Å². The van der Waals surface area contributed by atoms with Crippen molar-refractivity contribution in [2.45, 2.75) is 45.3 Å². The van der Waals surface area contributed by atoms with Gasteiger partial charge < -0.3 is 15.2 Å². The lowest BCUT2D eigenvalue weighted by atomic mass is 10.2. The molecule has 3 heteroatoms. The number of aliphatic hydroxyl groups excluding tert-OH is 1. The summed E-state index contributed by atoms with van der Waals surface area (Å²) in [7, 11) is 0. The molecule has 2 atom stereocenters. The average Bonchev–Trinajstić information content (AvgIpc) is 2.04. The minimum absolute atomic E-state index is 0.401. The first kappa shape index (κ1) is 11.6. The summed E-state index contributed by atoms with van der Waals surface area (Å²) in [4.78, 5) is 10.4. The van der Waals surface area contributed by atoms with Crippen LogP contribution in [0, 0.1) is 0 Å². The number of aldehydes is 1. The summed E-state index contributed by atoms with van der Waals surface area (Å²) in [5.74, 6) is 0. The summed E-state index contributed by atoms with van der Waals surface area (Å²) >= 11 is 0. The molecule has 0 aliphatic rings. The standard InChI is InChI=1S/C9H19NO2/c1-3-4-5-6-10-9(7-11)8(2)12/h7-10,12H,3-6H2,1-2H3/t8-,9-/m0/s1. The van der Waals surface area contributed by atoms with Crippen LogP contribution >= 0.6 is 0 Å². The molecular weight excluding hydrogens is 154 g/mol. The Labute approximate surface area is 74.2 Å². The second kappa shape index (κ2) is 7.25. The van der Waals surface area contributed by atoms with Crippen molar-refractivity contribution in [1.29, 1.82) is 0 Å². The third-order valence-electron chi connectivity index (χ3n) is 1.83. The molecule has 0 aromatic rings. The largest absolute Gasteiger partial charge is 0.391 e. The molecule has 0 amide bonds. The van der Waals surface area contributed by atoms with Crippen molar-refractivity contribution < 1.29 is 9.90 Å². The Balaban J connectivity index is 3.38. The second-order valence-electron chi connectivity index (χ2n) is 3.06. The van der Waals surface area contributed by atoms with E-state index >= 15 is 0 Å². The van der Waals surface area contributed by atoms with Crippen molar-refractivity contribution in [2.24, 2.45) is 0 Å². The highest BCUT2D eigenvalue weighted by Gasteiger charge is 2.11. The third kappa shape index (κ3) is 5.27. The fraction of sp³-hybridized carbons (Fsp3) is 0.889. The Morgan fingerprint density at radius 2 is 2.17 bits per heavy atom. The fourth-order valence-corrected chi connectivity index (χ4v) is 0.976. The Kier molecular flexibility index (Phi) is 7.00. The van der Waals surface area contributed by atoms with Crippen molar-refractivity contribution in [1.82, 2.24) is 5.32 Å². The van der Waals surface area contributed by atoms with Gasteiger partial charge in [0, 0.05) is 0 Å². The van der Waals surface area contributed by atoms with Crippen molar-refractivity contribution in [3.8, 4) is 0 Å². The molecule has 0 bridgehead atoms. The first-order valence-electron chi connectivity index (χ1n) is 4.59. The highest BCUT2D eigenvalue weighted by molar-refractivity contribution is 5.58. The number of carbonyl (C=O) groups excluding carboxylic acids is 1. The molecule has 0 spiro atoms. The summed E-state index contributed by atoms with van der Waals surface area (Å²) in [5, 5.41) is 12.1. The Morgan fingerprint density at radius 3 is 2.58 bits per heavy atom. The first-order chi connectivity index (χ1) is 5.72. The van der Waals surface area contributed by atoms with E-state index in [-0.39, 0.29) is 0 Å². The monoisotopic (exact) mass is 173 g/mol. The Hall–Kier alpha value is -0.410. The van der Waals surface area contributed by atoms with E-state index in [1.54, 1.807) is 6.92 Å². The lowest BCUT2D eigenvalue weighted by Gasteiger charge is -2.14. The Bertz CT molecular complexity index is 115. The lowest BCUT2D eigenvalue weighted by molar-refractivity contribution is -0.111. The van der Waals surface area contributed by atoms with Gasteiger partial charge in [-0.2, -0.15) is 0 Å². The van der Waals surface area contributed by atoms with E-state index in [0.717, 1.165) is 19.3 Å². The van der Waals surface area contributed by atoms with Crippen molar-refractivity contribution in [3.63, 3.8) is 0 Å². The van der Waals surface area contributed by atoms with Crippen LogP contribution in [0.1, 0.15) is 33.1 Å². The topological polar surface area (TPSA) is 49.3 Å². The summed E-state index contributed by atoms with van der Waals surface area (Å²) in [5.41, 5.74) is 0. The molecule has 0 radical (unpaired) electrons. The zero-order valence-corrected chi connectivity index (χ0v) is 7.92. The first-order valence-corrected chi connectivity index (χ1v) is 4.59. The van der Waals surface area contributed by atoms with E-state index in [1.807, 2.05) is 0 Å². The maximum Gasteiger partial charge on any atom is 0.139 e. The smallest absolute Gasteiger partial charge is 0.139 e. The van der Waals surface area contributed by atoms with Gasteiger partial charge in [0.2, 0.25) is 0 Å². The molecule has 0 saturated heterocycles. The van der Waals surface area contributed by atoms with Crippen molar-refractivity contribution in [3.05, 3.63) is 0 Å². The molecule has 0 aliphatic carbocycles. The van der Waals surface area contributed by atoms with Crippen LogP contribution in [-0.4, -0.2) is 30.1 Å². The number of unbranched alkanes of at least 4 members (excludes halogenated alkanes) is 2. The third-order valence-corrected chi connectivity index (χ3v) is 1.83. The van der Waals surface area contributed by atoms with Crippen LogP contribution in [0.3, 0.4) is 0 Å². The normalized spacial score (nSPS) is 15.6. The molecule has 0 aliphatic heterocycles. The summed E-state index contributed by atoms with van der Waals surface area (Å²) in [6.45, 7) is 4.56. The van der Waals surface area contributed by atoms with Crippen LogP contribution in [0.25, 0.3) is 0 Å². The van der Waals surface area contributed by atoms with E-state index in [4.69, 9.17) is 5.11 Å². The predicted octanol–water partition coefficient (Wildman–Crippen LogP) is 0.714. The molecule has 0 rings (SSSR count). The zero-order chi connectivity index (χ0) is 9.40. The fourth-order valence-electron chi connectivity index (χ4n) is 0.976. The number of aliphatic hydroxyl groups is 1. The maximum atomic E-state index is 10.4. The second-order valence-corrected chi connectivity index (χ2v) is 3.06. The quantitative estimate of drug-likeness (QED) is 0.440. The van der Waals surface area contributed by atoms with Crippen molar-refractivity contribution in [2.75, 3.05) is 6.54 Å². The van der Waals surface area contributed by atoms with Gasteiger partial charge in [-0.3, -0.25) is 0 Å². The molecule has 3 nitrogen and oxygen atoms in total. The van der Waals surface area contributed by atoms with E-state index < -0.39 is 12.1 Å². The molecule has 0 fully saturated rings. The van der Waals surface area contributed by atoms with Gasteiger partial charge in [0.05, 0.1) is 12.1 Å². The molecular formula is C9H19NO2. The number of rotatable bonds is 7. The average molecular weight is 173 g/mol. The van der Waals surface area contributed by atoms with Crippen LogP contribution in [0.4, 0.5) is 0 Å². The lowest BCUT2D eigenvalue weighted by Crippen LogP contribution is -2.40. The van der Waals surface area contributed by atoms with Gasteiger partial charge in [0.25, 0.3) is 0 Å². The SMILES string of the molecule is CCCCCN[C@@H](C=O)[C@H](C)O. The van der Waals surface area contributed by atoms with Crippen LogP contribution < -0.4 is 5.32 Å². The minimum Gasteiger partial charge on any atom is -0.391 e. The summed E-state index contributed by atoms with van der Waals surface area (Å²) < 4.78 is 0. The van der Waals surface area contributed by atoms with E-state index in [1.165, 1.54) is 12.8 Å².